The number of hydrogen-bond acceptors (Lipinski definition) is 3. The average Bonchev–Trinajstić information content (AvgIpc) is 0.918. The van der Waals surface area contributed by atoms with E-state index in [-0.39, 0.29) is 35.9 Å². The van der Waals surface area contributed by atoms with E-state index in [0.717, 1.165) is 5.34 Å². The third-order valence-electron chi connectivity index (χ3n) is 0. The summed E-state index contributed by atoms with van der Waals surface area (Å²) in [7, 11) is 0. The van der Waals surface area contributed by atoms with Crippen LogP contribution in [0.5, 0.6) is 0 Å². The largest absolute Gasteiger partial charge is 1.00 e. The van der Waals surface area contributed by atoms with Crippen LogP contribution in [-0.4, -0.2) is 0 Å². The first-order chi connectivity index (χ1) is 1.41. The zero-order valence-electron chi connectivity index (χ0n) is 2.62. The van der Waals surface area contributed by atoms with Crippen molar-refractivity contribution < 1.29 is 35.9 Å². The molecular formula is FeLiNO2. The molecule has 0 aromatic rings. The van der Waals surface area contributed by atoms with E-state index in [2.05, 4.69) is 0 Å². The number of hydrogen-bond donors (Lipinski definition) is 0. The molecule has 0 aromatic carbocycles. The van der Waals surface area contributed by atoms with Gasteiger partial charge >= 0.3 is 18.9 Å². The van der Waals surface area contributed by atoms with E-state index in [1.165, 1.54) is 0 Å². The van der Waals surface area contributed by atoms with Crippen molar-refractivity contribution in [1.82, 2.24) is 0 Å². The van der Waals surface area contributed by atoms with E-state index in [1.54, 1.807) is 0 Å². The average molecular weight is 109 g/mol. The van der Waals surface area contributed by atoms with Crippen LogP contribution in [0, 0.1) is 10.1 Å². The molecule has 3 nitrogen and oxygen atoms in total. The molecule has 0 saturated heterocycles. The molecule has 0 N–H and O–H groups in total. The molecule has 0 aliphatic carbocycles. The van der Waals surface area contributed by atoms with Crippen molar-refractivity contribution in [2.75, 3.05) is 0 Å². The minimum absolute atomic E-state index is 0. The molecule has 0 atom stereocenters. The zero-order valence-corrected chi connectivity index (χ0v) is 3.72. The van der Waals surface area contributed by atoms with Crippen molar-refractivity contribution in [2.24, 2.45) is 5.34 Å². The molecular weight excluding hydrogens is 109 g/mol. The predicted molar refractivity (Wildman–Crippen MR) is 9.16 cm³/mol. The van der Waals surface area contributed by atoms with E-state index in [9.17, 15) is 0 Å². The van der Waals surface area contributed by atoms with Crippen molar-refractivity contribution in [3.8, 4) is 0 Å². The molecule has 0 saturated carbocycles. The molecule has 26 valence electrons. The van der Waals surface area contributed by atoms with Gasteiger partial charge < -0.3 is 10.1 Å². The van der Waals surface area contributed by atoms with Gasteiger partial charge in [-0.1, -0.05) is 0 Å². The molecule has 0 fully saturated rings. The van der Waals surface area contributed by atoms with Gasteiger partial charge in [0.1, 0.15) is 0 Å². The summed E-state index contributed by atoms with van der Waals surface area (Å²) in [6, 6.07) is 0. The Labute approximate surface area is 51.7 Å². The third-order valence-corrected chi connectivity index (χ3v) is 0. The van der Waals surface area contributed by atoms with Gasteiger partial charge in [-0.3, -0.25) is 0 Å². The minimum atomic E-state index is 0. The minimum Gasteiger partial charge on any atom is -0.444 e. The Morgan fingerprint density at radius 3 is 1.60 bits per heavy atom. The molecule has 0 heterocycles. The van der Waals surface area contributed by atoms with Crippen LogP contribution in [-0.2, 0) is 17.1 Å². The van der Waals surface area contributed by atoms with Gasteiger partial charge in [0.25, 0.3) is 0 Å². The Balaban J connectivity index is -0.0000000200. The summed E-state index contributed by atoms with van der Waals surface area (Å²) in [4.78, 5) is 8.00. The SMILES string of the molecule is O=N[O-].[Fe].[Li+]. The predicted octanol–water partition coefficient (Wildman–Crippen LogP) is -2.75. The van der Waals surface area contributed by atoms with Crippen LogP contribution in [0.4, 0.5) is 0 Å². The summed E-state index contributed by atoms with van der Waals surface area (Å²) in [6.07, 6.45) is 0. The molecule has 5 heteroatoms. The second kappa shape index (κ2) is 24.3. The smallest absolute Gasteiger partial charge is 0.444 e. The van der Waals surface area contributed by atoms with Gasteiger partial charge in [-0.25, -0.2) is 0 Å². The second-order valence-electron chi connectivity index (χ2n) is 0.0745. The third kappa shape index (κ3) is 107. The van der Waals surface area contributed by atoms with Gasteiger partial charge in [-0.15, -0.1) is 5.34 Å². The zero-order chi connectivity index (χ0) is 2.71. The van der Waals surface area contributed by atoms with E-state index >= 15 is 0 Å². The Hall–Kier alpha value is 0.517. The number of rotatable bonds is 0. The van der Waals surface area contributed by atoms with E-state index in [0.29, 0.717) is 0 Å². The molecule has 0 spiro atoms. The maximum atomic E-state index is 8.00. The first-order valence-electron chi connectivity index (χ1n) is 0.365. The second-order valence-corrected chi connectivity index (χ2v) is 0.0745. The molecule has 0 aromatic heterocycles. The summed E-state index contributed by atoms with van der Waals surface area (Å²) >= 11 is 0. The van der Waals surface area contributed by atoms with Crippen molar-refractivity contribution in [1.29, 1.82) is 0 Å². The van der Waals surface area contributed by atoms with E-state index < -0.39 is 0 Å². The summed E-state index contributed by atoms with van der Waals surface area (Å²) in [5, 5.41) is 9.00. The maximum absolute atomic E-state index is 8.00. The van der Waals surface area contributed by atoms with Crippen LogP contribution in [0.1, 0.15) is 0 Å². The van der Waals surface area contributed by atoms with Crippen LogP contribution in [0.15, 0.2) is 5.34 Å². The standard InChI is InChI=1S/Fe.Li.HNO2/c;;2-1-3/h;;(H,2,3)/q;+1;/p-1. The van der Waals surface area contributed by atoms with Crippen LogP contribution in [0.25, 0.3) is 0 Å². The molecule has 0 amide bonds. The molecule has 0 aliphatic heterocycles. The number of nitrogens with zero attached hydrogens (tertiary/aromatic N) is 1. The maximum Gasteiger partial charge on any atom is 1.00 e. The summed E-state index contributed by atoms with van der Waals surface area (Å²) in [5.41, 5.74) is 0. The molecule has 0 rings (SSSR count). The monoisotopic (exact) mass is 109 g/mol. The van der Waals surface area contributed by atoms with Crippen molar-refractivity contribution in [3.05, 3.63) is 10.1 Å². The Bertz CT molecular complexity index is 17.1. The first-order valence-corrected chi connectivity index (χ1v) is 0.365. The summed E-state index contributed by atoms with van der Waals surface area (Å²) in [6.45, 7) is 0. The van der Waals surface area contributed by atoms with Crippen LogP contribution in [0.2, 0.25) is 0 Å². The summed E-state index contributed by atoms with van der Waals surface area (Å²) < 4.78 is 0. The van der Waals surface area contributed by atoms with E-state index in [1.807, 2.05) is 0 Å². The quantitative estimate of drug-likeness (QED) is 0.192. The Kier molecular flexibility index (Phi) is 86.3. The van der Waals surface area contributed by atoms with Gasteiger partial charge in [-0.05, 0) is 0 Å². The van der Waals surface area contributed by atoms with Crippen molar-refractivity contribution in [2.45, 2.75) is 0 Å². The molecule has 0 bridgehead atoms. The summed E-state index contributed by atoms with van der Waals surface area (Å²) in [5.74, 6) is 0. The molecule has 5 heavy (non-hydrogen) atoms. The topological polar surface area (TPSA) is 52.5 Å². The fraction of sp³-hybridized carbons (Fsp3) is 0. The first kappa shape index (κ1) is 17.8. The van der Waals surface area contributed by atoms with Gasteiger partial charge in [0.05, 0.1) is 0 Å². The fourth-order valence-corrected chi connectivity index (χ4v) is 0. The molecule has 0 aliphatic rings. The Morgan fingerprint density at radius 2 is 1.60 bits per heavy atom. The fourth-order valence-electron chi connectivity index (χ4n) is 0. The van der Waals surface area contributed by atoms with Crippen LogP contribution >= 0.6 is 0 Å². The van der Waals surface area contributed by atoms with Gasteiger partial charge in [-0.2, -0.15) is 0 Å². The van der Waals surface area contributed by atoms with Crippen molar-refractivity contribution >= 4 is 0 Å². The van der Waals surface area contributed by atoms with Crippen molar-refractivity contribution in [3.63, 3.8) is 0 Å². The van der Waals surface area contributed by atoms with Gasteiger partial charge in [0, 0.05) is 17.1 Å². The molecule has 0 radical (unpaired) electrons. The van der Waals surface area contributed by atoms with Crippen LogP contribution in [0.3, 0.4) is 0 Å². The Morgan fingerprint density at radius 1 is 1.60 bits per heavy atom. The van der Waals surface area contributed by atoms with Gasteiger partial charge in [0.15, 0.2) is 0 Å². The molecule has 0 unspecified atom stereocenters. The van der Waals surface area contributed by atoms with Gasteiger partial charge in [0.2, 0.25) is 0 Å². The van der Waals surface area contributed by atoms with Crippen LogP contribution < -0.4 is 18.9 Å². The van der Waals surface area contributed by atoms with E-state index in [4.69, 9.17) is 10.1 Å². The normalized spacial score (nSPS) is 2.40.